The van der Waals surface area contributed by atoms with Crippen LogP contribution >= 0.6 is 0 Å². The van der Waals surface area contributed by atoms with Crippen LogP contribution in [0.4, 0.5) is 0 Å². The van der Waals surface area contributed by atoms with Gasteiger partial charge >= 0.3 is 0 Å². The van der Waals surface area contributed by atoms with E-state index in [1.54, 1.807) is 0 Å². The summed E-state index contributed by atoms with van der Waals surface area (Å²) in [7, 11) is 0. The van der Waals surface area contributed by atoms with Gasteiger partial charge in [0.05, 0.1) is 0 Å². The van der Waals surface area contributed by atoms with Crippen LogP contribution in [-0.4, -0.2) is 24.5 Å². The Kier molecular flexibility index (Phi) is 7.27. The van der Waals surface area contributed by atoms with Crippen LogP contribution in [0.15, 0.2) is 24.3 Å². The van der Waals surface area contributed by atoms with Crippen molar-refractivity contribution in [3.05, 3.63) is 24.3 Å². The highest BCUT2D eigenvalue weighted by molar-refractivity contribution is 5.09. The van der Waals surface area contributed by atoms with Crippen LogP contribution in [0.25, 0.3) is 0 Å². The van der Waals surface area contributed by atoms with Gasteiger partial charge in [0, 0.05) is 0 Å². The standard InChI is InChI=1S/C16H29N/c1-4-17(5-2)13-9-8-12-16-11-7-6-10-15(3)14-16/h6-7,10-11,15-16H,4-5,8-9,12-14H2,1-3H3. The van der Waals surface area contributed by atoms with Crippen molar-refractivity contribution in [1.82, 2.24) is 4.90 Å². The van der Waals surface area contributed by atoms with Gasteiger partial charge in [-0.25, -0.2) is 0 Å². The Balaban J connectivity index is 2.14. The van der Waals surface area contributed by atoms with E-state index >= 15 is 0 Å². The third kappa shape index (κ3) is 6.07. The van der Waals surface area contributed by atoms with Crippen molar-refractivity contribution >= 4 is 0 Å². The van der Waals surface area contributed by atoms with Crippen LogP contribution in [-0.2, 0) is 0 Å². The fraction of sp³-hybridized carbons (Fsp3) is 0.750. The van der Waals surface area contributed by atoms with Crippen LogP contribution in [0.2, 0.25) is 0 Å². The molecule has 0 N–H and O–H groups in total. The molecule has 2 unspecified atom stereocenters. The minimum absolute atomic E-state index is 0.748. The molecule has 0 aromatic carbocycles. The highest BCUT2D eigenvalue weighted by Crippen LogP contribution is 2.22. The lowest BCUT2D eigenvalue weighted by molar-refractivity contribution is 0.292. The summed E-state index contributed by atoms with van der Waals surface area (Å²) >= 11 is 0. The van der Waals surface area contributed by atoms with Crippen molar-refractivity contribution in [3.63, 3.8) is 0 Å². The molecule has 98 valence electrons. The summed E-state index contributed by atoms with van der Waals surface area (Å²) in [4.78, 5) is 2.52. The van der Waals surface area contributed by atoms with Gasteiger partial charge in [-0.2, -0.15) is 0 Å². The molecule has 0 radical (unpaired) electrons. The zero-order chi connectivity index (χ0) is 12.5. The Morgan fingerprint density at radius 3 is 2.47 bits per heavy atom. The molecule has 17 heavy (non-hydrogen) atoms. The molecule has 0 fully saturated rings. The van der Waals surface area contributed by atoms with E-state index in [0.29, 0.717) is 0 Å². The van der Waals surface area contributed by atoms with Gasteiger partial charge in [-0.15, -0.1) is 0 Å². The molecule has 0 aromatic heterocycles. The minimum atomic E-state index is 0.748. The van der Waals surface area contributed by atoms with Gasteiger partial charge in [-0.3, -0.25) is 0 Å². The molecule has 0 heterocycles. The topological polar surface area (TPSA) is 3.24 Å². The van der Waals surface area contributed by atoms with E-state index < -0.39 is 0 Å². The number of hydrogen-bond donors (Lipinski definition) is 0. The van der Waals surface area contributed by atoms with Gasteiger partial charge < -0.3 is 4.90 Å². The van der Waals surface area contributed by atoms with Crippen LogP contribution in [0, 0.1) is 11.8 Å². The summed E-state index contributed by atoms with van der Waals surface area (Å²) in [5.41, 5.74) is 0. The van der Waals surface area contributed by atoms with Gasteiger partial charge in [-0.05, 0) is 50.7 Å². The SMILES string of the molecule is CCN(CC)CCCCC1C=CC=CC(C)C1. The number of unbranched alkanes of at least 4 members (excludes halogenated alkanes) is 1. The van der Waals surface area contributed by atoms with E-state index in [1.165, 1.54) is 45.3 Å². The first-order chi connectivity index (χ1) is 8.26. The van der Waals surface area contributed by atoms with Gasteiger partial charge in [0.2, 0.25) is 0 Å². The Morgan fingerprint density at radius 1 is 1.06 bits per heavy atom. The van der Waals surface area contributed by atoms with Crippen LogP contribution in [0.1, 0.15) is 46.5 Å². The maximum absolute atomic E-state index is 2.52. The molecule has 1 aliphatic rings. The van der Waals surface area contributed by atoms with Gasteiger partial charge in [0.15, 0.2) is 0 Å². The fourth-order valence-electron chi connectivity index (χ4n) is 2.61. The van der Waals surface area contributed by atoms with Gasteiger partial charge in [-0.1, -0.05) is 51.5 Å². The highest BCUT2D eigenvalue weighted by atomic mass is 15.1. The van der Waals surface area contributed by atoms with Gasteiger partial charge in [0.25, 0.3) is 0 Å². The summed E-state index contributed by atoms with van der Waals surface area (Å²) in [6, 6.07) is 0. The lowest BCUT2D eigenvalue weighted by Gasteiger charge is -2.19. The normalized spacial score (nSPS) is 24.2. The number of rotatable bonds is 7. The van der Waals surface area contributed by atoms with E-state index in [0.717, 1.165) is 11.8 Å². The quantitative estimate of drug-likeness (QED) is 0.596. The molecular weight excluding hydrogens is 206 g/mol. The second-order valence-electron chi connectivity index (χ2n) is 5.27. The molecule has 0 amide bonds. The molecule has 0 saturated carbocycles. The molecule has 1 nitrogen and oxygen atoms in total. The van der Waals surface area contributed by atoms with Crippen molar-refractivity contribution in [2.75, 3.05) is 19.6 Å². The summed E-state index contributed by atoms with van der Waals surface area (Å²) in [5, 5.41) is 0. The maximum atomic E-state index is 2.52. The number of allylic oxidation sites excluding steroid dienone is 4. The van der Waals surface area contributed by atoms with E-state index in [4.69, 9.17) is 0 Å². The largest absolute Gasteiger partial charge is 0.304 e. The molecule has 0 bridgehead atoms. The Bertz CT molecular complexity index is 238. The van der Waals surface area contributed by atoms with E-state index in [2.05, 4.69) is 50.0 Å². The number of hydrogen-bond acceptors (Lipinski definition) is 1. The van der Waals surface area contributed by atoms with Crippen molar-refractivity contribution < 1.29 is 0 Å². The average molecular weight is 235 g/mol. The molecule has 1 rings (SSSR count). The third-order valence-electron chi connectivity index (χ3n) is 3.80. The van der Waals surface area contributed by atoms with Crippen molar-refractivity contribution in [2.24, 2.45) is 11.8 Å². The highest BCUT2D eigenvalue weighted by Gasteiger charge is 2.10. The zero-order valence-corrected chi connectivity index (χ0v) is 11.9. The summed E-state index contributed by atoms with van der Waals surface area (Å²) in [5.74, 6) is 1.55. The first-order valence-electron chi connectivity index (χ1n) is 7.33. The fourth-order valence-corrected chi connectivity index (χ4v) is 2.61. The van der Waals surface area contributed by atoms with Crippen molar-refractivity contribution in [1.29, 1.82) is 0 Å². The Labute approximate surface area is 108 Å². The summed E-state index contributed by atoms with van der Waals surface area (Å²) < 4.78 is 0. The van der Waals surface area contributed by atoms with E-state index in [-0.39, 0.29) is 0 Å². The second-order valence-corrected chi connectivity index (χ2v) is 5.27. The van der Waals surface area contributed by atoms with Crippen LogP contribution in [0.3, 0.4) is 0 Å². The monoisotopic (exact) mass is 235 g/mol. The van der Waals surface area contributed by atoms with Crippen molar-refractivity contribution in [2.45, 2.75) is 46.5 Å². The number of nitrogens with zero attached hydrogens (tertiary/aromatic N) is 1. The Morgan fingerprint density at radius 2 is 1.76 bits per heavy atom. The summed E-state index contributed by atoms with van der Waals surface area (Å²) in [6.45, 7) is 10.5. The molecule has 0 aromatic rings. The lowest BCUT2D eigenvalue weighted by Crippen LogP contribution is -2.23. The predicted octanol–water partition coefficient (Wildman–Crippen LogP) is 4.27. The maximum Gasteiger partial charge on any atom is -0.00190 e. The first kappa shape index (κ1) is 14.5. The smallest absolute Gasteiger partial charge is 0.00190 e. The Hall–Kier alpha value is -0.560. The first-order valence-corrected chi connectivity index (χ1v) is 7.33. The van der Waals surface area contributed by atoms with Crippen molar-refractivity contribution in [3.8, 4) is 0 Å². The average Bonchev–Trinajstić information content (AvgIpc) is 2.54. The van der Waals surface area contributed by atoms with Gasteiger partial charge in [0.1, 0.15) is 0 Å². The third-order valence-corrected chi connectivity index (χ3v) is 3.80. The molecule has 1 aliphatic carbocycles. The molecule has 0 aliphatic heterocycles. The predicted molar refractivity (Wildman–Crippen MR) is 77.2 cm³/mol. The molecule has 0 spiro atoms. The van der Waals surface area contributed by atoms with E-state index in [9.17, 15) is 0 Å². The second kappa shape index (κ2) is 8.52. The summed E-state index contributed by atoms with van der Waals surface area (Å²) in [6.07, 6.45) is 14.6. The molecule has 0 saturated heterocycles. The lowest BCUT2D eigenvalue weighted by atomic mass is 9.92. The molecular formula is C16H29N. The van der Waals surface area contributed by atoms with Crippen LogP contribution < -0.4 is 0 Å². The molecule has 2 atom stereocenters. The van der Waals surface area contributed by atoms with Crippen LogP contribution in [0.5, 0.6) is 0 Å². The molecule has 1 heteroatoms. The van der Waals surface area contributed by atoms with E-state index in [1.807, 2.05) is 0 Å². The zero-order valence-electron chi connectivity index (χ0n) is 11.9. The minimum Gasteiger partial charge on any atom is -0.304 e.